The smallest absolute Gasteiger partial charge is 0.124 e. The van der Waals surface area contributed by atoms with E-state index >= 15 is 0 Å². The minimum atomic E-state index is -0.151. The lowest BCUT2D eigenvalue weighted by Crippen LogP contribution is -2.42. The molecule has 1 aliphatic rings. The number of morpholine rings is 1. The summed E-state index contributed by atoms with van der Waals surface area (Å²) in [4.78, 5) is 2.20. The highest BCUT2D eigenvalue weighted by molar-refractivity contribution is 5.28. The number of hydrogen-bond donors (Lipinski definition) is 0. The number of benzene rings is 1. The number of hydrogen-bond acceptors (Lipinski definition) is 3. The molecule has 0 aliphatic carbocycles. The highest BCUT2D eigenvalue weighted by Crippen LogP contribution is 2.23. The highest BCUT2D eigenvalue weighted by atomic mass is 16.5. The third-order valence-electron chi connectivity index (χ3n) is 3.46. The van der Waals surface area contributed by atoms with Crippen LogP contribution >= 0.6 is 0 Å². The number of aryl methyl sites for hydroxylation is 1. The van der Waals surface area contributed by atoms with Crippen LogP contribution in [0.5, 0.6) is 0 Å². The van der Waals surface area contributed by atoms with Crippen LogP contribution in [0.4, 0.5) is 0 Å². The van der Waals surface area contributed by atoms with Crippen molar-refractivity contribution in [1.29, 1.82) is 5.26 Å². The first-order valence-corrected chi connectivity index (χ1v) is 6.58. The topological polar surface area (TPSA) is 36.3 Å². The summed E-state index contributed by atoms with van der Waals surface area (Å²) in [5.74, 6) is 0. The molecule has 2 atom stereocenters. The quantitative estimate of drug-likeness (QED) is 0.819. The second-order valence-corrected chi connectivity index (χ2v) is 4.80. The van der Waals surface area contributed by atoms with Crippen molar-refractivity contribution < 1.29 is 4.74 Å². The molecule has 0 amide bonds. The molecule has 18 heavy (non-hydrogen) atoms. The maximum Gasteiger partial charge on any atom is 0.124 e. The van der Waals surface area contributed by atoms with Crippen molar-refractivity contribution in [2.75, 3.05) is 19.7 Å². The molecule has 0 saturated carbocycles. The second kappa shape index (κ2) is 5.99. The van der Waals surface area contributed by atoms with Crippen molar-refractivity contribution in [3.8, 4) is 6.07 Å². The van der Waals surface area contributed by atoms with Crippen LogP contribution in [0.2, 0.25) is 0 Å². The van der Waals surface area contributed by atoms with Gasteiger partial charge in [0, 0.05) is 13.1 Å². The summed E-state index contributed by atoms with van der Waals surface area (Å²) in [6.45, 7) is 6.57. The third kappa shape index (κ3) is 2.90. The zero-order chi connectivity index (χ0) is 13.0. The molecule has 1 aliphatic heterocycles. The number of ether oxygens (including phenoxy) is 1. The van der Waals surface area contributed by atoms with E-state index in [-0.39, 0.29) is 12.1 Å². The summed E-state index contributed by atoms with van der Waals surface area (Å²) in [6.07, 6.45) is 1.25. The predicted molar refractivity (Wildman–Crippen MR) is 71.2 cm³/mol. The molecule has 1 aromatic carbocycles. The highest BCUT2D eigenvalue weighted by Gasteiger charge is 2.25. The van der Waals surface area contributed by atoms with Crippen LogP contribution in [-0.2, 0) is 11.2 Å². The van der Waals surface area contributed by atoms with E-state index in [9.17, 15) is 5.26 Å². The molecule has 96 valence electrons. The van der Waals surface area contributed by atoms with Gasteiger partial charge in [0.2, 0.25) is 0 Å². The second-order valence-electron chi connectivity index (χ2n) is 4.80. The van der Waals surface area contributed by atoms with Crippen LogP contribution in [0, 0.1) is 11.3 Å². The van der Waals surface area contributed by atoms with Gasteiger partial charge in [-0.15, -0.1) is 0 Å². The SMILES string of the molecule is CCc1ccc(C(C#N)N2CCOC(C)C2)cc1. The van der Waals surface area contributed by atoms with E-state index in [4.69, 9.17) is 4.74 Å². The Labute approximate surface area is 109 Å². The van der Waals surface area contributed by atoms with Crippen molar-refractivity contribution in [3.63, 3.8) is 0 Å². The fourth-order valence-corrected chi connectivity index (χ4v) is 2.38. The van der Waals surface area contributed by atoms with Gasteiger partial charge in [0.25, 0.3) is 0 Å². The molecule has 1 fully saturated rings. The van der Waals surface area contributed by atoms with Gasteiger partial charge in [-0.05, 0) is 24.5 Å². The molecule has 0 bridgehead atoms. The van der Waals surface area contributed by atoms with E-state index in [1.54, 1.807) is 0 Å². The fraction of sp³-hybridized carbons (Fsp3) is 0.533. The maximum absolute atomic E-state index is 9.41. The monoisotopic (exact) mass is 244 g/mol. The molecule has 0 spiro atoms. The van der Waals surface area contributed by atoms with Gasteiger partial charge in [-0.25, -0.2) is 0 Å². The Hall–Kier alpha value is -1.37. The van der Waals surface area contributed by atoms with E-state index in [1.165, 1.54) is 5.56 Å². The lowest BCUT2D eigenvalue weighted by Gasteiger charge is -2.34. The Morgan fingerprint density at radius 2 is 2.17 bits per heavy atom. The van der Waals surface area contributed by atoms with Crippen LogP contribution in [0.3, 0.4) is 0 Å². The Bertz CT molecular complexity index is 421. The van der Waals surface area contributed by atoms with E-state index in [1.807, 2.05) is 0 Å². The molecular formula is C15H20N2O. The van der Waals surface area contributed by atoms with Crippen molar-refractivity contribution >= 4 is 0 Å². The minimum Gasteiger partial charge on any atom is -0.376 e. The summed E-state index contributed by atoms with van der Waals surface area (Å²) in [7, 11) is 0. The molecule has 1 aromatic rings. The molecule has 0 N–H and O–H groups in total. The van der Waals surface area contributed by atoms with Crippen molar-refractivity contribution in [1.82, 2.24) is 4.90 Å². The summed E-state index contributed by atoms with van der Waals surface area (Å²) in [5, 5.41) is 9.41. The number of nitriles is 1. The van der Waals surface area contributed by atoms with Crippen LogP contribution in [-0.4, -0.2) is 30.7 Å². The average molecular weight is 244 g/mol. The van der Waals surface area contributed by atoms with Gasteiger partial charge in [-0.2, -0.15) is 5.26 Å². The van der Waals surface area contributed by atoms with Gasteiger partial charge in [0.05, 0.1) is 18.8 Å². The Kier molecular flexibility index (Phi) is 4.35. The minimum absolute atomic E-state index is 0.151. The third-order valence-corrected chi connectivity index (χ3v) is 3.46. The van der Waals surface area contributed by atoms with Crippen molar-refractivity contribution in [2.24, 2.45) is 0 Å². The largest absolute Gasteiger partial charge is 0.376 e. The van der Waals surface area contributed by atoms with Crippen LogP contribution in [0.25, 0.3) is 0 Å². The molecule has 2 rings (SSSR count). The van der Waals surface area contributed by atoms with Gasteiger partial charge < -0.3 is 4.74 Å². The van der Waals surface area contributed by atoms with Crippen LogP contribution in [0.1, 0.15) is 31.0 Å². The molecule has 1 saturated heterocycles. The fourth-order valence-electron chi connectivity index (χ4n) is 2.38. The Morgan fingerprint density at radius 1 is 1.44 bits per heavy atom. The van der Waals surface area contributed by atoms with E-state index in [0.717, 1.165) is 25.1 Å². The normalized spacial score (nSPS) is 22.4. The Morgan fingerprint density at radius 3 is 2.72 bits per heavy atom. The molecular weight excluding hydrogens is 224 g/mol. The lowest BCUT2D eigenvalue weighted by atomic mass is 10.0. The van der Waals surface area contributed by atoms with Crippen LogP contribution in [0.15, 0.2) is 24.3 Å². The van der Waals surface area contributed by atoms with Crippen molar-refractivity contribution in [3.05, 3.63) is 35.4 Å². The first kappa shape index (κ1) is 13.1. The first-order chi connectivity index (χ1) is 8.74. The van der Waals surface area contributed by atoms with Gasteiger partial charge in [-0.3, -0.25) is 4.90 Å². The van der Waals surface area contributed by atoms with Gasteiger partial charge in [0.1, 0.15) is 6.04 Å². The van der Waals surface area contributed by atoms with Gasteiger partial charge >= 0.3 is 0 Å². The van der Waals surface area contributed by atoms with Gasteiger partial charge in [0.15, 0.2) is 0 Å². The lowest BCUT2D eigenvalue weighted by molar-refractivity contribution is -0.0269. The number of rotatable bonds is 3. The van der Waals surface area contributed by atoms with Crippen LogP contribution < -0.4 is 0 Å². The molecule has 0 radical (unpaired) electrons. The summed E-state index contributed by atoms with van der Waals surface area (Å²) in [5.41, 5.74) is 2.40. The Balaban J connectivity index is 2.14. The summed E-state index contributed by atoms with van der Waals surface area (Å²) >= 11 is 0. The molecule has 2 unspecified atom stereocenters. The first-order valence-electron chi connectivity index (χ1n) is 6.58. The van der Waals surface area contributed by atoms with Crippen molar-refractivity contribution in [2.45, 2.75) is 32.4 Å². The predicted octanol–water partition coefficient (Wildman–Crippen LogP) is 2.53. The number of nitrogens with zero attached hydrogens (tertiary/aromatic N) is 2. The molecule has 3 nitrogen and oxygen atoms in total. The summed E-state index contributed by atoms with van der Waals surface area (Å²) in [6, 6.07) is 10.6. The summed E-state index contributed by atoms with van der Waals surface area (Å²) < 4.78 is 5.52. The van der Waals surface area contributed by atoms with E-state index < -0.39 is 0 Å². The molecule has 1 heterocycles. The van der Waals surface area contributed by atoms with Gasteiger partial charge in [-0.1, -0.05) is 31.2 Å². The average Bonchev–Trinajstić information content (AvgIpc) is 2.40. The van der Waals surface area contributed by atoms with E-state index in [2.05, 4.69) is 49.1 Å². The molecule has 3 heteroatoms. The zero-order valence-corrected chi connectivity index (χ0v) is 11.1. The maximum atomic E-state index is 9.41. The standard InChI is InChI=1S/C15H20N2O/c1-3-13-4-6-14(7-5-13)15(10-16)17-8-9-18-12(2)11-17/h4-7,12,15H,3,8-9,11H2,1-2H3. The van der Waals surface area contributed by atoms with E-state index in [0.29, 0.717) is 6.61 Å². The molecule has 0 aromatic heterocycles. The zero-order valence-electron chi connectivity index (χ0n) is 11.1.